The van der Waals surface area contributed by atoms with E-state index in [2.05, 4.69) is 33.3 Å². The lowest BCUT2D eigenvalue weighted by molar-refractivity contribution is 0.0336. The SMILES string of the molecule is COc1ccc2c(c1CN1CCOCC1)O/C(=C\c1[nH]nc3ccccc13)C2. The van der Waals surface area contributed by atoms with Crippen LogP contribution in [0.25, 0.3) is 17.0 Å². The minimum absolute atomic E-state index is 0.767. The number of morpholine rings is 1. The molecule has 6 nitrogen and oxygen atoms in total. The Bertz CT molecular complexity index is 1030. The highest BCUT2D eigenvalue weighted by atomic mass is 16.5. The number of nitrogens with one attached hydrogen (secondary N) is 1. The second-order valence-electron chi connectivity index (χ2n) is 7.17. The average molecular weight is 377 g/mol. The highest BCUT2D eigenvalue weighted by Crippen LogP contribution is 2.40. The lowest BCUT2D eigenvalue weighted by atomic mass is 10.1. The number of ether oxygens (including phenoxy) is 3. The monoisotopic (exact) mass is 377 g/mol. The second kappa shape index (κ2) is 7.30. The molecule has 6 heteroatoms. The van der Waals surface area contributed by atoms with Gasteiger partial charge in [0.15, 0.2) is 0 Å². The molecule has 0 aliphatic carbocycles. The van der Waals surface area contributed by atoms with Crippen LogP contribution in [0.1, 0.15) is 16.8 Å². The second-order valence-corrected chi connectivity index (χ2v) is 7.17. The quantitative estimate of drug-likeness (QED) is 0.755. The van der Waals surface area contributed by atoms with E-state index in [-0.39, 0.29) is 0 Å². The number of hydrogen-bond donors (Lipinski definition) is 1. The van der Waals surface area contributed by atoms with E-state index in [9.17, 15) is 0 Å². The summed E-state index contributed by atoms with van der Waals surface area (Å²) in [5.41, 5.74) is 4.23. The lowest BCUT2D eigenvalue weighted by Crippen LogP contribution is -2.35. The molecule has 1 fully saturated rings. The molecule has 1 saturated heterocycles. The summed E-state index contributed by atoms with van der Waals surface area (Å²) in [6.07, 6.45) is 2.82. The third kappa shape index (κ3) is 3.15. The molecule has 0 bridgehead atoms. The largest absolute Gasteiger partial charge is 0.496 e. The summed E-state index contributed by atoms with van der Waals surface area (Å²) in [4.78, 5) is 2.38. The van der Waals surface area contributed by atoms with E-state index in [0.29, 0.717) is 0 Å². The van der Waals surface area contributed by atoms with Crippen LogP contribution in [0.3, 0.4) is 0 Å². The number of fused-ring (bicyclic) bond motifs is 2. The van der Waals surface area contributed by atoms with Gasteiger partial charge in [0, 0.05) is 43.1 Å². The number of hydrogen-bond acceptors (Lipinski definition) is 5. The fourth-order valence-electron chi connectivity index (χ4n) is 3.93. The number of nitrogens with zero attached hydrogens (tertiary/aromatic N) is 2. The zero-order chi connectivity index (χ0) is 18.9. The van der Waals surface area contributed by atoms with Gasteiger partial charge in [-0.1, -0.05) is 24.3 Å². The molecule has 1 aromatic heterocycles. The first-order chi connectivity index (χ1) is 13.8. The first-order valence-electron chi connectivity index (χ1n) is 9.62. The Balaban J connectivity index is 1.46. The van der Waals surface area contributed by atoms with Gasteiger partial charge in [-0.05, 0) is 12.1 Å². The standard InChI is InChI=1S/C22H23N3O3/c1-26-21-7-6-15-12-16(13-20-17-4-2-3-5-19(17)23-24-20)28-22(15)18(21)14-25-8-10-27-11-9-25/h2-7,13H,8-12,14H2,1H3,(H,23,24)/b16-13-. The highest BCUT2D eigenvalue weighted by Gasteiger charge is 2.26. The van der Waals surface area contributed by atoms with E-state index in [1.54, 1.807) is 7.11 Å². The first kappa shape index (κ1) is 17.3. The summed E-state index contributed by atoms with van der Waals surface area (Å²) in [6.45, 7) is 4.20. The minimum atomic E-state index is 0.767. The van der Waals surface area contributed by atoms with Crippen LogP contribution in [0.2, 0.25) is 0 Å². The van der Waals surface area contributed by atoms with Crippen molar-refractivity contribution in [3.63, 3.8) is 0 Å². The predicted octanol–water partition coefficient (Wildman–Crippen LogP) is 3.38. The van der Waals surface area contributed by atoms with Gasteiger partial charge in [-0.2, -0.15) is 5.10 Å². The van der Waals surface area contributed by atoms with Crippen molar-refractivity contribution in [1.82, 2.24) is 15.1 Å². The molecule has 1 N–H and O–H groups in total. The number of para-hydroxylation sites is 1. The van der Waals surface area contributed by atoms with Crippen molar-refractivity contribution in [2.24, 2.45) is 0 Å². The lowest BCUT2D eigenvalue weighted by Gasteiger charge is -2.27. The van der Waals surface area contributed by atoms with Crippen LogP contribution in [0.15, 0.2) is 42.2 Å². The summed E-state index contributed by atoms with van der Waals surface area (Å²) < 4.78 is 17.4. The fraction of sp³-hybridized carbons (Fsp3) is 0.318. The van der Waals surface area contributed by atoms with Gasteiger partial charge < -0.3 is 14.2 Å². The summed E-state index contributed by atoms with van der Waals surface area (Å²) in [6, 6.07) is 12.2. The van der Waals surface area contributed by atoms with Gasteiger partial charge in [-0.3, -0.25) is 10.00 Å². The molecule has 28 heavy (non-hydrogen) atoms. The molecule has 0 saturated carbocycles. The van der Waals surface area contributed by atoms with Gasteiger partial charge in [0.25, 0.3) is 0 Å². The molecule has 5 rings (SSSR count). The number of aromatic nitrogens is 2. The molecule has 0 unspecified atom stereocenters. The van der Waals surface area contributed by atoms with E-state index in [0.717, 1.165) is 78.7 Å². The maximum Gasteiger partial charge on any atom is 0.138 e. The van der Waals surface area contributed by atoms with Crippen molar-refractivity contribution >= 4 is 17.0 Å². The van der Waals surface area contributed by atoms with Crippen molar-refractivity contribution < 1.29 is 14.2 Å². The Morgan fingerprint density at radius 3 is 2.89 bits per heavy atom. The van der Waals surface area contributed by atoms with Crippen LogP contribution in [-0.4, -0.2) is 48.5 Å². The molecule has 144 valence electrons. The average Bonchev–Trinajstić information content (AvgIpc) is 3.34. The Kier molecular flexibility index (Phi) is 4.50. The zero-order valence-electron chi connectivity index (χ0n) is 15.9. The summed E-state index contributed by atoms with van der Waals surface area (Å²) in [5.74, 6) is 2.72. The van der Waals surface area contributed by atoms with Crippen molar-refractivity contribution in [3.05, 3.63) is 59.0 Å². The normalized spacial score (nSPS) is 18.4. The van der Waals surface area contributed by atoms with E-state index in [1.807, 2.05) is 24.3 Å². The Labute approximate surface area is 163 Å². The Morgan fingerprint density at radius 1 is 1.18 bits per heavy atom. The molecule has 2 aliphatic rings. The van der Waals surface area contributed by atoms with Gasteiger partial charge in [-0.15, -0.1) is 0 Å². The molecule has 3 heterocycles. The number of benzene rings is 2. The van der Waals surface area contributed by atoms with E-state index in [4.69, 9.17) is 14.2 Å². The summed E-state index contributed by atoms with van der Waals surface area (Å²) in [5, 5.41) is 8.58. The van der Waals surface area contributed by atoms with Crippen molar-refractivity contribution in [1.29, 1.82) is 0 Å². The summed E-state index contributed by atoms with van der Waals surface area (Å²) >= 11 is 0. The molecule has 0 radical (unpaired) electrons. The van der Waals surface area contributed by atoms with E-state index in [1.165, 1.54) is 5.56 Å². The van der Waals surface area contributed by atoms with Crippen LogP contribution in [0.4, 0.5) is 0 Å². The maximum absolute atomic E-state index is 6.32. The molecule has 2 aromatic carbocycles. The van der Waals surface area contributed by atoms with Crippen LogP contribution >= 0.6 is 0 Å². The summed E-state index contributed by atoms with van der Waals surface area (Å²) in [7, 11) is 1.72. The Morgan fingerprint density at radius 2 is 2.04 bits per heavy atom. The molecule has 2 aliphatic heterocycles. The van der Waals surface area contributed by atoms with Crippen LogP contribution in [-0.2, 0) is 17.7 Å². The van der Waals surface area contributed by atoms with Crippen LogP contribution in [0.5, 0.6) is 11.5 Å². The smallest absolute Gasteiger partial charge is 0.138 e. The van der Waals surface area contributed by atoms with E-state index < -0.39 is 0 Å². The molecule has 3 aromatic rings. The highest BCUT2D eigenvalue weighted by molar-refractivity contribution is 5.86. The third-order valence-electron chi connectivity index (χ3n) is 5.40. The number of allylic oxidation sites excluding steroid dienone is 1. The van der Waals surface area contributed by atoms with Crippen molar-refractivity contribution in [3.8, 4) is 11.5 Å². The van der Waals surface area contributed by atoms with Crippen molar-refractivity contribution in [2.75, 3.05) is 33.4 Å². The van der Waals surface area contributed by atoms with Gasteiger partial charge in [0.1, 0.15) is 17.3 Å². The topological polar surface area (TPSA) is 59.6 Å². The third-order valence-corrected chi connectivity index (χ3v) is 5.40. The minimum Gasteiger partial charge on any atom is -0.496 e. The van der Waals surface area contributed by atoms with Gasteiger partial charge in [0.05, 0.1) is 37.1 Å². The zero-order valence-corrected chi connectivity index (χ0v) is 15.9. The molecule has 0 atom stereocenters. The number of aromatic amines is 1. The first-order valence-corrected chi connectivity index (χ1v) is 9.62. The molecular formula is C22H23N3O3. The van der Waals surface area contributed by atoms with Gasteiger partial charge >= 0.3 is 0 Å². The number of methoxy groups -OCH3 is 1. The van der Waals surface area contributed by atoms with Crippen molar-refractivity contribution in [2.45, 2.75) is 13.0 Å². The van der Waals surface area contributed by atoms with Crippen LogP contribution in [0, 0.1) is 0 Å². The number of rotatable bonds is 4. The Hall–Kier alpha value is -2.83. The molecule has 0 amide bonds. The fourth-order valence-corrected chi connectivity index (χ4v) is 3.93. The maximum atomic E-state index is 6.32. The van der Waals surface area contributed by atoms with E-state index >= 15 is 0 Å². The molecular weight excluding hydrogens is 354 g/mol. The van der Waals surface area contributed by atoms with Gasteiger partial charge in [0.2, 0.25) is 0 Å². The molecule has 0 spiro atoms. The van der Waals surface area contributed by atoms with Gasteiger partial charge in [-0.25, -0.2) is 0 Å². The number of H-pyrrole nitrogens is 1. The predicted molar refractivity (Wildman–Crippen MR) is 107 cm³/mol. The van der Waals surface area contributed by atoms with Crippen LogP contribution < -0.4 is 9.47 Å².